The van der Waals surface area contributed by atoms with Crippen LogP contribution in [0.5, 0.6) is 0 Å². The van der Waals surface area contributed by atoms with Crippen LogP contribution < -0.4 is 4.90 Å². The van der Waals surface area contributed by atoms with E-state index in [1.807, 2.05) is 31.2 Å². The van der Waals surface area contributed by atoms with Crippen LogP contribution in [0.2, 0.25) is 0 Å². The molecule has 0 fully saturated rings. The Hall–Kier alpha value is -4.38. The number of unbranched alkanes of at least 4 members (excludes halogenated alkanes) is 4. The van der Waals surface area contributed by atoms with Crippen LogP contribution in [0.15, 0.2) is 58.8 Å². The summed E-state index contributed by atoms with van der Waals surface area (Å²) in [5.41, 5.74) is 4.20. The molecule has 3 rings (SSSR count). The zero-order valence-corrected chi connectivity index (χ0v) is 31.7. The first-order valence-corrected chi connectivity index (χ1v) is 19.6. The molecular formula is C43H55N5OS. The highest BCUT2D eigenvalue weighted by atomic mass is 32.1. The Kier molecular flexibility index (Phi) is 17.3. The van der Waals surface area contributed by atoms with Crippen LogP contribution >= 0.6 is 11.3 Å². The Morgan fingerprint density at radius 1 is 0.820 bits per heavy atom. The van der Waals surface area contributed by atoms with Crippen LogP contribution in [-0.2, 0) is 11.2 Å². The van der Waals surface area contributed by atoms with E-state index in [0.717, 1.165) is 41.6 Å². The van der Waals surface area contributed by atoms with Crippen molar-refractivity contribution in [1.29, 1.82) is 15.8 Å². The van der Waals surface area contributed by atoms with E-state index in [1.165, 1.54) is 79.5 Å². The molecule has 1 aliphatic heterocycles. The first-order valence-electron chi connectivity index (χ1n) is 18.7. The number of allylic oxidation sites excluding steroid dienone is 2. The number of benzene rings is 1. The summed E-state index contributed by atoms with van der Waals surface area (Å²) in [7, 11) is 0. The average Bonchev–Trinajstić information content (AvgIpc) is 3.70. The van der Waals surface area contributed by atoms with E-state index in [4.69, 9.17) is 0 Å². The van der Waals surface area contributed by atoms with Crippen LogP contribution in [0.4, 0.5) is 5.69 Å². The number of carbonyl (C=O) groups is 1. The minimum absolute atomic E-state index is 0.0797. The van der Waals surface area contributed by atoms with Gasteiger partial charge in [0.15, 0.2) is 5.57 Å². The Labute approximate surface area is 305 Å². The Balaban J connectivity index is 1.90. The maximum Gasteiger partial charge on any atom is 0.259 e. The number of nitrogens with zero attached hydrogens (tertiary/aromatic N) is 5. The molecule has 1 atom stereocenters. The predicted octanol–water partition coefficient (Wildman–Crippen LogP) is 11.3. The molecule has 264 valence electrons. The lowest BCUT2D eigenvalue weighted by molar-refractivity contribution is -0.124. The third-order valence-corrected chi connectivity index (χ3v) is 10.5. The molecule has 1 amide bonds. The molecule has 6 nitrogen and oxygen atoms in total. The molecular weight excluding hydrogens is 635 g/mol. The van der Waals surface area contributed by atoms with Crippen molar-refractivity contribution >= 4 is 41.2 Å². The summed E-state index contributed by atoms with van der Waals surface area (Å²) in [5.74, 6) is 0.401. The number of nitriles is 3. The van der Waals surface area contributed by atoms with Crippen LogP contribution in [0.1, 0.15) is 126 Å². The molecule has 0 radical (unpaired) electrons. The van der Waals surface area contributed by atoms with Gasteiger partial charge >= 0.3 is 0 Å². The van der Waals surface area contributed by atoms with Crippen molar-refractivity contribution in [2.45, 2.75) is 112 Å². The molecule has 1 aliphatic rings. The smallest absolute Gasteiger partial charge is 0.259 e. The number of carbonyl (C=O) groups excluding carboxylic acids is 1. The number of amides is 1. The molecule has 0 spiro atoms. The SMILES string of the molecule is CCCCC(CC)CCc1cc(N(CCCC)CCCC)ccc1/C=C/c1ccc(/C=C/C2=C(C#N)C(=C(C#N)C#N)N(CCCC)C2=O)s1. The Morgan fingerprint density at radius 2 is 1.46 bits per heavy atom. The first-order chi connectivity index (χ1) is 24.4. The highest BCUT2D eigenvalue weighted by Crippen LogP contribution is 2.34. The maximum absolute atomic E-state index is 13.4. The largest absolute Gasteiger partial charge is 0.372 e. The summed E-state index contributed by atoms with van der Waals surface area (Å²) in [6, 6.07) is 16.9. The number of hydrogen-bond acceptors (Lipinski definition) is 6. The number of aryl methyl sites for hydroxylation is 1. The fraction of sp³-hybridized carbons (Fsp3) is 0.488. The van der Waals surface area contributed by atoms with Gasteiger partial charge in [-0.2, -0.15) is 15.8 Å². The number of hydrogen-bond donors (Lipinski definition) is 0. The van der Waals surface area contributed by atoms with Gasteiger partial charge in [-0.05, 0) is 91.6 Å². The zero-order valence-electron chi connectivity index (χ0n) is 30.9. The number of rotatable bonds is 21. The first kappa shape index (κ1) is 40.1. The highest BCUT2D eigenvalue weighted by molar-refractivity contribution is 7.13. The van der Waals surface area contributed by atoms with Crippen LogP contribution in [0.25, 0.3) is 18.2 Å². The molecule has 1 unspecified atom stereocenters. The zero-order chi connectivity index (χ0) is 36.3. The average molecular weight is 690 g/mol. The molecule has 0 bridgehead atoms. The molecule has 1 aromatic carbocycles. The van der Waals surface area contributed by atoms with Crippen LogP contribution in [-0.4, -0.2) is 30.4 Å². The fourth-order valence-corrected chi connectivity index (χ4v) is 7.15. The van der Waals surface area contributed by atoms with E-state index in [2.05, 4.69) is 75.1 Å². The lowest BCUT2D eigenvalue weighted by Crippen LogP contribution is -2.27. The topological polar surface area (TPSA) is 94.9 Å². The molecule has 2 heterocycles. The van der Waals surface area contributed by atoms with E-state index >= 15 is 0 Å². The molecule has 0 saturated carbocycles. The van der Waals surface area contributed by atoms with E-state index in [0.29, 0.717) is 13.0 Å². The second-order valence-electron chi connectivity index (χ2n) is 13.1. The summed E-state index contributed by atoms with van der Waals surface area (Å²) < 4.78 is 0. The van der Waals surface area contributed by atoms with Crippen molar-refractivity contribution in [2.24, 2.45) is 5.92 Å². The molecule has 0 aliphatic carbocycles. The summed E-state index contributed by atoms with van der Waals surface area (Å²) >= 11 is 1.61. The third-order valence-electron chi connectivity index (χ3n) is 9.47. The van der Waals surface area contributed by atoms with Gasteiger partial charge in [-0.1, -0.05) is 91.7 Å². The van der Waals surface area contributed by atoms with Gasteiger partial charge in [0.05, 0.1) is 16.8 Å². The lowest BCUT2D eigenvalue weighted by atomic mass is 9.90. The number of anilines is 1. The van der Waals surface area contributed by atoms with E-state index in [9.17, 15) is 20.6 Å². The summed E-state index contributed by atoms with van der Waals surface area (Å²) in [6.45, 7) is 13.7. The van der Waals surface area contributed by atoms with Gasteiger partial charge in [-0.3, -0.25) is 4.79 Å². The van der Waals surface area contributed by atoms with Crippen molar-refractivity contribution in [3.05, 3.63) is 79.7 Å². The van der Waals surface area contributed by atoms with Crippen molar-refractivity contribution in [3.8, 4) is 18.2 Å². The van der Waals surface area contributed by atoms with Gasteiger partial charge in [-0.15, -0.1) is 11.3 Å². The van der Waals surface area contributed by atoms with Crippen molar-refractivity contribution in [1.82, 2.24) is 4.90 Å². The Morgan fingerprint density at radius 3 is 2.04 bits per heavy atom. The molecule has 0 saturated heterocycles. The molecule has 1 aromatic heterocycles. The molecule has 7 heteroatoms. The van der Waals surface area contributed by atoms with Crippen molar-refractivity contribution < 1.29 is 4.79 Å². The minimum atomic E-state index is -0.347. The standard InChI is InChI=1S/C43H55N5OS/c1-6-11-15-33(10-5)16-17-35-29-37(47(26-12-7-2)27-13-8-3)20-18-34(35)19-21-38-22-23-39(50-38)24-25-40-41(32-46)42(36(30-44)31-45)48(43(40)49)28-14-9-4/h18-25,29,33H,6-17,26-28H2,1-5H3/b21-19+,25-24+. The minimum Gasteiger partial charge on any atom is -0.372 e. The second-order valence-corrected chi connectivity index (χ2v) is 14.2. The molecule has 0 N–H and O–H groups in total. The van der Waals surface area contributed by atoms with Crippen molar-refractivity contribution in [3.63, 3.8) is 0 Å². The van der Waals surface area contributed by atoms with Gasteiger partial charge in [-0.25, -0.2) is 0 Å². The Bertz CT molecular complexity index is 1650. The predicted molar refractivity (Wildman–Crippen MR) is 210 cm³/mol. The fourth-order valence-electron chi connectivity index (χ4n) is 6.33. The van der Waals surface area contributed by atoms with Gasteiger partial charge in [0.25, 0.3) is 5.91 Å². The summed E-state index contributed by atoms with van der Waals surface area (Å²) in [4.78, 5) is 19.4. The van der Waals surface area contributed by atoms with Gasteiger partial charge < -0.3 is 9.80 Å². The molecule has 50 heavy (non-hydrogen) atoms. The number of thiophene rings is 1. The van der Waals surface area contributed by atoms with Crippen LogP contribution in [0, 0.1) is 39.9 Å². The van der Waals surface area contributed by atoms with Gasteiger partial charge in [0, 0.05) is 35.1 Å². The summed E-state index contributed by atoms with van der Waals surface area (Å²) in [6.07, 6.45) is 21.5. The van der Waals surface area contributed by atoms with Crippen LogP contribution in [0.3, 0.4) is 0 Å². The van der Waals surface area contributed by atoms with E-state index in [-0.39, 0.29) is 28.3 Å². The van der Waals surface area contributed by atoms with Gasteiger partial charge in [0.2, 0.25) is 0 Å². The maximum atomic E-state index is 13.4. The molecule has 2 aromatic rings. The second kappa shape index (κ2) is 21.7. The normalized spacial score (nSPS) is 13.7. The van der Waals surface area contributed by atoms with E-state index in [1.54, 1.807) is 17.4 Å². The summed E-state index contributed by atoms with van der Waals surface area (Å²) in [5, 5.41) is 29.1. The van der Waals surface area contributed by atoms with E-state index < -0.39 is 0 Å². The third kappa shape index (κ3) is 11.1. The lowest BCUT2D eigenvalue weighted by Gasteiger charge is -2.26. The van der Waals surface area contributed by atoms with Gasteiger partial charge in [0.1, 0.15) is 18.2 Å². The monoisotopic (exact) mass is 689 g/mol. The quantitative estimate of drug-likeness (QED) is 0.122. The highest BCUT2D eigenvalue weighted by Gasteiger charge is 2.36. The van der Waals surface area contributed by atoms with Crippen molar-refractivity contribution in [2.75, 3.05) is 24.5 Å².